The number of aromatic nitrogens is 2. The van der Waals surface area contributed by atoms with Crippen LogP contribution in [-0.4, -0.2) is 49.7 Å². The van der Waals surface area contributed by atoms with Crippen LogP contribution in [0.1, 0.15) is 23.2 Å². The zero-order chi connectivity index (χ0) is 18.4. The molecule has 1 N–H and O–H groups in total. The second-order valence-corrected chi connectivity index (χ2v) is 6.26. The second kappa shape index (κ2) is 8.51. The maximum atomic E-state index is 12.4. The lowest BCUT2D eigenvalue weighted by molar-refractivity contribution is 0.0944. The topological polar surface area (TPSA) is 76.6 Å². The van der Waals surface area contributed by atoms with E-state index >= 15 is 0 Å². The summed E-state index contributed by atoms with van der Waals surface area (Å²) >= 11 is 0. The van der Waals surface area contributed by atoms with Gasteiger partial charge in [0.15, 0.2) is 11.5 Å². The first kappa shape index (κ1) is 18.0. The molecule has 0 bridgehead atoms. The van der Waals surface area contributed by atoms with Crippen molar-refractivity contribution >= 4 is 11.9 Å². The molecule has 1 aliphatic rings. The summed E-state index contributed by atoms with van der Waals surface area (Å²) in [6.45, 7) is 2.47. The van der Waals surface area contributed by atoms with Crippen molar-refractivity contribution < 1.29 is 14.3 Å². The van der Waals surface area contributed by atoms with Gasteiger partial charge in [-0.05, 0) is 43.0 Å². The third-order valence-electron chi connectivity index (χ3n) is 4.65. The van der Waals surface area contributed by atoms with Crippen molar-refractivity contribution in [3.05, 3.63) is 42.2 Å². The van der Waals surface area contributed by atoms with E-state index in [4.69, 9.17) is 9.47 Å². The van der Waals surface area contributed by atoms with Crippen molar-refractivity contribution in [3.63, 3.8) is 0 Å². The van der Waals surface area contributed by atoms with E-state index in [-0.39, 0.29) is 5.91 Å². The summed E-state index contributed by atoms with van der Waals surface area (Å²) in [4.78, 5) is 23.2. The van der Waals surface area contributed by atoms with Crippen LogP contribution < -0.4 is 19.7 Å². The standard InChI is InChI=1S/C19H24N4O3/c1-25-16-5-4-15(12-17(16)26-2)18(24)22-13-14-6-10-23(11-7-14)19-20-8-3-9-21-19/h3-5,8-9,12,14H,6-7,10-11,13H2,1-2H3,(H,22,24). The molecule has 7 nitrogen and oxygen atoms in total. The second-order valence-electron chi connectivity index (χ2n) is 6.26. The molecule has 26 heavy (non-hydrogen) atoms. The average Bonchev–Trinajstić information content (AvgIpc) is 2.72. The van der Waals surface area contributed by atoms with Gasteiger partial charge in [-0.3, -0.25) is 4.79 Å². The monoisotopic (exact) mass is 356 g/mol. The predicted molar refractivity (Wildman–Crippen MR) is 98.8 cm³/mol. The van der Waals surface area contributed by atoms with Gasteiger partial charge in [-0.1, -0.05) is 0 Å². The molecule has 0 spiro atoms. The van der Waals surface area contributed by atoms with Gasteiger partial charge in [-0.2, -0.15) is 0 Å². The van der Waals surface area contributed by atoms with E-state index in [0.29, 0.717) is 29.5 Å². The third kappa shape index (κ3) is 4.22. The zero-order valence-electron chi connectivity index (χ0n) is 15.1. The highest BCUT2D eigenvalue weighted by molar-refractivity contribution is 5.94. The van der Waals surface area contributed by atoms with Gasteiger partial charge in [0.1, 0.15) is 0 Å². The Kier molecular flexibility index (Phi) is 5.88. The Labute approximate surface area is 153 Å². The van der Waals surface area contributed by atoms with Crippen LogP contribution in [0.5, 0.6) is 11.5 Å². The normalized spacial score (nSPS) is 14.8. The minimum absolute atomic E-state index is 0.0974. The van der Waals surface area contributed by atoms with Crippen molar-refractivity contribution in [1.82, 2.24) is 15.3 Å². The number of anilines is 1. The molecule has 138 valence electrons. The van der Waals surface area contributed by atoms with Gasteiger partial charge in [-0.15, -0.1) is 0 Å². The number of benzene rings is 1. The molecule has 2 aromatic rings. The molecule has 2 heterocycles. The van der Waals surface area contributed by atoms with Gasteiger partial charge < -0.3 is 19.7 Å². The summed E-state index contributed by atoms with van der Waals surface area (Å²) < 4.78 is 10.5. The largest absolute Gasteiger partial charge is 0.493 e. The summed E-state index contributed by atoms with van der Waals surface area (Å²) in [6, 6.07) is 7.00. The minimum atomic E-state index is -0.0974. The molecule has 0 saturated carbocycles. The Morgan fingerprint density at radius 3 is 2.50 bits per heavy atom. The number of ether oxygens (including phenoxy) is 2. The quantitative estimate of drug-likeness (QED) is 0.855. The van der Waals surface area contributed by atoms with Crippen LogP contribution in [0, 0.1) is 5.92 Å². The van der Waals surface area contributed by atoms with Crippen LogP contribution in [0.15, 0.2) is 36.7 Å². The van der Waals surface area contributed by atoms with E-state index in [1.807, 2.05) is 6.07 Å². The molecule has 1 aliphatic heterocycles. The average molecular weight is 356 g/mol. The van der Waals surface area contributed by atoms with Crippen molar-refractivity contribution in [3.8, 4) is 11.5 Å². The first-order valence-corrected chi connectivity index (χ1v) is 8.73. The van der Waals surface area contributed by atoms with E-state index in [1.165, 1.54) is 0 Å². The highest BCUT2D eigenvalue weighted by Crippen LogP contribution is 2.27. The van der Waals surface area contributed by atoms with E-state index < -0.39 is 0 Å². The van der Waals surface area contributed by atoms with Gasteiger partial charge in [0.25, 0.3) is 5.91 Å². The lowest BCUT2D eigenvalue weighted by Gasteiger charge is -2.31. The summed E-state index contributed by atoms with van der Waals surface area (Å²) in [6.07, 6.45) is 5.53. The number of carbonyl (C=O) groups excluding carboxylic acids is 1. The van der Waals surface area contributed by atoms with Crippen molar-refractivity contribution in [2.75, 3.05) is 38.8 Å². The Morgan fingerprint density at radius 2 is 1.85 bits per heavy atom. The highest BCUT2D eigenvalue weighted by Gasteiger charge is 2.21. The molecule has 0 atom stereocenters. The lowest BCUT2D eigenvalue weighted by Crippen LogP contribution is -2.39. The number of piperidine rings is 1. The fraction of sp³-hybridized carbons (Fsp3) is 0.421. The van der Waals surface area contributed by atoms with Gasteiger partial charge in [0.05, 0.1) is 14.2 Å². The van der Waals surface area contributed by atoms with Crippen LogP contribution in [0.2, 0.25) is 0 Å². The first-order chi connectivity index (χ1) is 12.7. The maximum Gasteiger partial charge on any atom is 0.251 e. The first-order valence-electron chi connectivity index (χ1n) is 8.73. The number of hydrogen-bond donors (Lipinski definition) is 1. The molecule has 3 rings (SSSR count). The van der Waals surface area contributed by atoms with Gasteiger partial charge in [0.2, 0.25) is 5.95 Å². The summed E-state index contributed by atoms with van der Waals surface area (Å²) in [5.74, 6) is 2.30. The van der Waals surface area contributed by atoms with Crippen LogP contribution in [0.3, 0.4) is 0 Å². The molecule has 0 unspecified atom stereocenters. The maximum absolute atomic E-state index is 12.4. The van der Waals surface area contributed by atoms with E-state index in [1.54, 1.807) is 44.8 Å². The molecule has 1 amide bonds. The number of nitrogens with one attached hydrogen (secondary N) is 1. The number of hydrogen-bond acceptors (Lipinski definition) is 6. The SMILES string of the molecule is COc1ccc(C(=O)NCC2CCN(c3ncccn3)CC2)cc1OC. The van der Waals surface area contributed by atoms with Gasteiger partial charge >= 0.3 is 0 Å². The Morgan fingerprint density at radius 1 is 1.15 bits per heavy atom. The van der Waals surface area contributed by atoms with Crippen molar-refractivity contribution in [1.29, 1.82) is 0 Å². The lowest BCUT2D eigenvalue weighted by atomic mass is 9.97. The molecule has 0 radical (unpaired) electrons. The Bertz CT molecular complexity index is 731. The molecular formula is C19H24N4O3. The minimum Gasteiger partial charge on any atom is -0.493 e. The highest BCUT2D eigenvalue weighted by atomic mass is 16.5. The van der Waals surface area contributed by atoms with Crippen LogP contribution in [0.4, 0.5) is 5.95 Å². The summed E-state index contributed by atoms with van der Waals surface area (Å²) in [5.41, 5.74) is 0.567. The Balaban J connectivity index is 1.50. The fourth-order valence-corrected chi connectivity index (χ4v) is 3.11. The third-order valence-corrected chi connectivity index (χ3v) is 4.65. The number of nitrogens with zero attached hydrogens (tertiary/aromatic N) is 3. The van der Waals surface area contributed by atoms with E-state index in [2.05, 4.69) is 20.2 Å². The van der Waals surface area contributed by atoms with Crippen molar-refractivity contribution in [2.24, 2.45) is 5.92 Å². The van der Waals surface area contributed by atoms with E-state index in [9.17, 15) is 4.79 Å². The van der Waals surface area contributed by atoms with Gasteiger partial charge in [0, 0.05) is 37.6 Å². The van der Waals surface area contributed by atoms with Crippen LogP contribution in [-0.2, 0) is 0 Å². The van der Waals surface area contributed by atoms with Crippen LogP contribution in [0.25, 0.3) is 0 Å². The molecule has 1 fully saturated rings. The summed E-state index contributed by atoms with van der Waals surface area (Å²) in [5, 5.41) is 3.03. The smallest absolute Gasteiger partial charge is 0.251 e. The van der Waals surface area contributed by atoms with Crippen LogP contribution >= 0.6 is 0 Å². The fourth-order valence-electron chi connectivity index (χ4n) is 3.11. The molecule has 1 saturated heterocycles. The molecule has 7 heteroatoms. The number of amides is 1. The Hall–Kier alpha value is -2.83. The molecular weight excluding hydrogens is 332 g/mol. The molecule has 0 aliphatic carbocycles. The number of carbonyl (C=O) groups is 1. The number of methoxy groups -OCH3 is 2. The molecule has 1 aromatic carbocycles. The van der Waals surface area contributed by atoms with Crippen molar-refractivity contribution in [2.45, 2.75) is 12.8 Å². The van der Waals surface area contributed by atoms with Gasteiger partial charge in [-0.25, -0.2) is 9.97 Å². The zero-order valence-corrected chi connectivity index (χ0v) is 15.1. The predicted octanol–water partition coefficient (Wildman–Crippen LogP) is 2.14. The summed E-state index contributed by atoms with van der Waals surface area (Å²) in [7, 11) is 3.13. The number of rotatable bonds is 6. The van der Waals surface area contributed by atoms with E-state index in [0.717, 1.165) is 31.9 Å². The molecule has 1 aromatic heterocycles.